The molecule has 3 unspecified atom stereocenters. The highest BCUT2D eigenvalue weighted by atomic mass is 16.3. The lowest BCUT2D eigenvalue weighted by Crippen LogP contribution is -2.10. The molecular formula is C19H38O2. The highest BCUT2D eigenvalue weighted by Crippen LogP contribution is 2.45. The van der Waals surface area contributed by atoms with Crippen LogP contribution in [0.1, 0.15) is 96.8 Å². The fraction of sp³-hybridized carbons (Fsp3) is 1.00. The van der Waals surface area contributed by atoms with E-state index in [1.807, 2.05) is 0 Å². The van der Waals surface area contributed by atoms with Gasteiger partial charge in [-0.05, 0) is 24.7 Å². The van der Waals surface area contributed by atoms with E-state index in [0.717, 1.165) is 24.7 Å². The first-order valence-electron chi connectivity index (χ1n) is 9.56. The lowest BCUT2D eigenvalue weighted by Gasteiger charge is -2.06. The molecule has 2 nitrogen and oxygen atoms in total. The molecule has 2 heteroatoms. The summed E-state index contributed by atoms with van der Waals surface area (Å²) in [6, 6.07) is 0. The second kappa shape index (κ2) is 12.5. The Hall–Kier alpha value is -0.0800. The second-order valence-electron chi connectivity index (χ2n) is 7.14. The van der Waals surface area contributed by atoms with E-state index in [1.54, 1.807) is 0 Å². The Bertz CT molecular complexity index is 230. The second-order valence-corrected chi connectivity index (χ2v) is 7.14. The minimum Gasteiger partial charge on any atom is -0.394 e. The van der Waals surface area contributed by atoms with Crippen molar-refractivity contribution < 1.29 is 10.2 Å². The molecule has 1 aliphatic rings. The van der Waals surface area contributed by atoms with Gasteiger partial charge in [-0.25, -0.2) is 0 Å². The summed E-state index contributed by atoms with van der Waals surface area (Å²) in [6.07, 6.45) is 18.2. The van der Waals surface area contributed by atoms with Crippen LogP contribution in [0.15, 0.2) is 0 Å². The molecule has 0 aromatic carbocycles. The summed E-state index contributed by atoms with van der Waals surface area (Å²) in [5.41, 5.74) is 0. The van der Waals surface area contributed by atoms with Crippen LogP contribution >= 0.6 is 0 Å². The van der Waals surface area contributed by atoms with Gasteiger partial charge in [-0.3, -0.25) is 0 Å². The van der Waals surface area contributed by atoms with Gasteiger partial charge >= 0.3 is 0 Å². The van der Waals surface area contributed by atoms with E-state index < -0.39 is 6.10 Å². The van der Waals surface area contributed by atoms with Gasteiger partial charge in [0.2, 0.25) is 0 Å². The summed E-state index contributed by atoms with van der Waals surface area (Å²) in [7, 11) is 0. The Morgan fingerprint density at radius 2 is 1.33 bits per heavy atom. The molecule has 3 atom stereocenters. The van der Waals surface area contributed by atoms with E-state index in [0.29, 0.717) is 0 Å². The molecule has 2 N–H and O–H groups in total. The van der Waals surface area contributed by atoms with Crippen molar-refractivity contribution in [1.29, 1.82) is 0 Å². The first-order valence-corrected chi connectivity index (χ1v) is 9.56. The Balaban J connectivity index is 1.78. The van der Waals surface area contributed by atoms with Gasteiger partial charge in [0.25, 0.3) is 0 Å². The van der Waals surface area contributed by atoms with E-state index in [-0.39, 0.29) is 6.61 Å². The van der Waals surface area contributed by atoms with E-state index in [1.165, 1.54) is 77.0 Å². The molecule has 1 aliphatic carbocycles. The predicted octanol–water partition coefficient (Wildman–Crippen LogP) is 5.07. The third kappa shape index (κ3) is 10.3. The average Bonchev–Trinajstić information content (AvgIpc) is 3.24. The van der Waals surface area contributed by atoms with Crippen LogP contribution in [0.4, 0.5) is 0 Å². The molecule has 0 aliphatic heterocycles. The molecular weight excluding hydrogens is 260 g/mol. The van der Waals surface area contributed by atoms with Crippen molar-refractivity contribution in [3.63, 3.8) is 0 Å². The lowest BCUT2D eigenvalue weighted by molar-refractivity contribution is 0.0860. The quantitative estimate of drug-likeness (QED) is 0.414. The van der Waals surface area contributed by atoms with E-state index >= 15 is 0 Å². The zero-order chi connectivity index (χ0) is 15.3. The Kier molecular flexibility index (Phi) is 11.3. The van der Waals surface area contributed by atoms with Crippen molar-refractivity contribution in [3.8, 4) is 0 Å². The number of hydrogen-bond donors (Lipinski definition) is 2. The van der Waals surface area contributed by atoms with Crippen molar-refractivity contribution in [2.24, 2.45) is 11.8 Å². The van der Waals surface area contributed by atoms with Crippen molar-refractivity contribution in [2.75, 3.05) is 6.61 Å². The fourth-order valence-electron chi connectivity index (χ4n) is 3.44. The van der Waals surface area contributed by atoms with Gasteiger partial charge in [-0.1, -0.05) is 84.0 Å². The molecule has 21 heavy (non-hydrogen) atoms. The lowest BCUT2D eigenvalue weighted by atomic mass is 10.0. The summed E-state index contributed by atoms with van der Waals surface area (Å²) in [4.78, 5) is 0. The first kappa shape index (κ1) is 19.0. The molecule has 126 valence electrons. The van der Waals surface area contributed by atoms with Gasteiger partial charge in [0, 0.05) is 0 Å². The minimum atomic E-state index is -0.491. The molecule has 0 heterocycles. The van der Waals surface area contributed by atoms with Gasteiger partial charge in [-0.15, -0.1) is 0 Å². The summed E-state index contributed by atoms with van der Waals surface area (Å²) in [6.45, 7) is 2.20. The van der Waals surface area contributed by atoms with Gasteiger partial charge in [0.1, 0.15) is 0 Å². The highest BCUT2D eigenvalue weighted by molar-refractivity contribution is 4.85. The molecule has 1 saturated carbocycles. The van der Waals surface area contributed by atoms with E-state index in [9.17, 15) is 5.11 Å². The number of aliphatic hydroxyl groups excluding tert-OH is 2. The molecule has 0 saturated heterocycles. The van der Waals surface area contributed by atoms with Crippen LogP contribution < -0.4 is 0 Å². The summed E-state index contributed by atoms with van der Waals surface area (Å²) >= 11 is 0. The highest BCUT2D eigenvalue weighted by Gasteiger charge is 2.34. The summed E-state index contributed by atoms with van der Waals surface area (Å²) < 4.78 is 0. The Morgan fingerprint density at radius 1 is 0.810 bits per heavy atom. The van der Waals surface area contributed by atoms with Crippen LogP contribution in [0.2, 0.25) is 0 Å². The largest absolute Gasteiger partial charge is 0.394 e. The molecule has 1 fully saturated rings. The zero-order valence-corrected chi connectivity index (χ0v) is 14.2. The van der Waals surface area contributed by atoms with Gasteiger partial charge in [-0.2, -0.15) is 0 Å². The van der Waals surface area contributed by atoms with Crippen molar-refractivity contribution >= 4 is 0 Å². The number of rotatable bonds is 15. The molecule has 0 aromatic heterocycles. The average molecular weight is 299 g/mol. The maximum Gasteiger partial charge on any atom is 0.0770 e. The monoisotopic (exact) mass is 298 g/mol. The maximum atomic E-state index is 9.25. The van der Waals surface area contributed by atoms with Crippen LogP contribution in [-0.4, -0.2) is 22.9 Å². The third-order valence-corrected chi connectivity index (χ3v) is 5.07. The summed E-state index contributed by atoms with van der Waals surface area (Å²) in [5, 5.41) is 18.0. The molecule has 0 aromatic rings. The minimum absolute atomic E-state index is 0.0812. The number of aliphatic hydroxyl groups is 2. The first-order chi connectivity index (χ1) is 10.3. The van der Waals surface area contributed by atoms with Crippen molar-refractivity contribution in [2.45, 2.75) is 103 Å². The molecule has 0 bridgehead atoms. The van der Waals surface area contributed by atoms with Crippen LogP contribution in [0.3, 0.4) is 0 Å². The number of unbranched alkanes of at least 4 members (excludes halogenated alkanes) is 8. The molecule has 0 amide bonds. The van der Waals surface area contributed by atoms with E-state index in [4.69, 9.17) is 5.11 Å². The Morgan fingerprint density at radius 3 is 1.90 bits per heavy atom. The van der Waals surface area contributed by atoms with Crippen LogP contribution in [-0.2, 0) is 0 Å². The summed E-state index contributed by atoms with van der Waals surface area (Å²) in [5.74, 6) is 2.11. The molecule has 1 rings (SSSR count). The predicted molar refractivity (Wildman–Crippen MR) is 90.4 cm³/mol. The van der Waals surface area contributed by atoms with Crippen LogP contribution in [0, 0.1) is 11.8 Å². The standard InChI is InChI=1S/C19H38O2/c1-2-3-4-5-6-9-12-17-15-18(17)13-10-7-8-11-14-19(21)16-20/h17-21H,2-16H2,1H3. The van der Waals surface area contributed by atoms with Gasteiger partial charge in [0.05, 0.1) is 12.7 Å². The molecule has 0 radical (unpaired) electrons. The van der Waals surface area contributed by atoms with Crippen LogP contribution in [0.25, 0.3) is 0 Å². The third-order valence-electron chi connectivity index (χ3n) is 5.07. The van der Waals surface area contributed by atoms with Gasteiger partial charge in [0.15, 0.2) is 0 Å². The fourth-order valence-corrected chi connectivity index (χ4v) is 3.44. The zero-order valence-electron chi connectivity index (χ0n) is 14.2. The van der Waals surface area contributed by atoms with E-state index in [2.05, 4.69) is 6.92 Å². The normalized spacial score (nSPS) is 22.4. The number of hydrogen-bond acceptors (Lipinski definition) is 2. The maximum absolute atomic E-state index is 9.25. The smallest absolute Gasteiger partial charge is 0.0770 e. The topological polar surface area (TPSA) is 40.5 Å². The van der Waals surface area contributed by atoms with Crippen molar-refractivity contribution in [3.05, 3.63) is 0 Å². The molecule has 0 spiro atoms. The SMILES string of the molecule is CCCCCCCCC1CC1CCCCCCC(O)CO. The van der Waals surface area contributed by atoms with Crippen molar-refractivity contribution in [1.82, 2.24) is 0 Å². The van der Waals surface area contributed by atoms with Crippen LogP contribution in [0.5, 0.6) is 0 Å². The Labute approximate surface area is 132 Å². The van der Waals surface area contributed by atoms with Gasteiger partial charge < -0.3 is 10.2 Å².